The third-order valence-corrected chi connectivity index (χ3v) is 2.41. The minimum Gasteiger partial charge on any atom is -0.351 e. The van der Waals surface area contributed by atoms with Crippen LogP contribution in [0.1, 0.15) is 29.8 Å². The quantitative estimate of drug-likeness (QED) is 0.755. The normalized spacial score (nSPS) is 10.7. The molecule has 4 nitrogen and oxygen atoms in total. The summed E-state index contributed by atoms with van der Waals surface area (Å²) >= 11 is 0. The van der Waals surface area contributed by atoms with E-state index in [1.54, 1.807) is 6.07 Å². The molecule has 18 heavy (non-hydrogen) atoms. The van der Waals surface area contributed by atoms with E-state index in [2.05, 4.69) is 5.32 Å². The van der Waals surface area contributed by atoms with Crippen LogP contribution in [0.15, 0.2) is 24.3 Å². The van der Waals surface area contributed by atoms with Crippen molar-refractivity contribution >= 4 is 5.91 Å². The first-order chi connectivity index (χ1) is 8.67. The Labute approximate surface area is 108 Å². The molecule has 1 aromatic rings. The standard InChI is InChI=1S/C14H21NO3/c1-4-17-13(18-5-2)10-15-14(16)12-8-6-7-11(3)9-12/h6-9,13H,4-5,10H2,1-3H3,(H,15,16). The summed E-state index contributed by atoms with van der Waals surface area (Å²) in [6.07, 6.45) is -0.381. The van der Waals surface area contributed by atoms with Gasteiger partial charge in [-0.25, -0.2) is 0 Å². The van der Waals surface area contributed by atoms with Crippen molar-refractivity contribution in [3.63, 3.8) is 0 Å². The topological polar surface area (TPSA) is 47.6 Å². The van der Waals surface area contributed by atoms with Gasteiger partial charge in [0.2, 0.25) is 0 Å². The molecule has 0 atom stereocenters. The van der Waals surface area contributed by atoms with Crippen molar-refractivity contribution in [3.8, 4) is 0 Å². The highest BCUT2D eigenvalue weighted by atomic mass is 16.7. The molecule has 1 aromatic carbocycles. The summed E-state index contributed by atoms with van der Waals surface area (Å²) in [7, 11) is 0. The Kier molecular flexibility index (Phi) is 6.39. The molecule has 1 N–H and O–H groups in total. The number of carbonyl (C=O) groups is 1. The zero-order valence-electron chi connectivity index (χ0n) is 11.2. The van der Waals surface area contributed by atoms with Gasteiger partial charge < -0.3 is 14.8 Å². The Morgan fingerprint density at radius 3 is 2.50 bits per heavy atom. The number of ether oxygens (including phenoxy) is 2. The van der Waals surface area contributed by atoms with Crippen molar-refractivity contribution < 1.29 is 14.3 Å². The Balaban J connectivity index is 2.49. The predicted octanol–water partition coefficient (Wildman–Crippen LogP) is 2.12. The van der Waals surface area contributed by atoms with Crippen LogP contribution in [0.5, 0.6) is 0 Å². The van der Waals surface area contributed by atoms with Gasteiger partial charge in [0.25, 0.3) is 5.91 Å². The number of carbonyl (C=O) groups excluding carboxylic acids is 1. The maximum atomic E-state index is 11.9. The number of hydrogen-bond acceptors (Lipinski definition) is 3. The second kappa shape index (κ2) is 7.84. The number of amides is 1. The molecule has 0 bridgehead atoms. The smallest absolute Gasteiger partial charge is 0.251 e. The van der Waals surface area contributed by atoms with Crippen LogP contribution < -0.4 is 5.32 Å². The first kappa shape index (κ1) is 14.7. The molecule has 1 rings (SSSR count). The molecular weight excluding hydrogens is 230 g/mol. The van der Waals surface area contributed by atoms with Crippen LogP contribution in [0.3, 0.4) is 0 Å². The minimum atomic E-state index is -0.381. The van der Waals surface area contributed by atoms with Gasteiger partial charge in [0.05, 0.1) is 6.54 Å². The lowest BCUT2D eigenvalue weighted by atomic mass is 10.1. The number of benzene rings is 1. The molecule has 0 heterocycles. The average molecular weight is 251 g/mol. The van der Waals surface area contributed by atoms with Crippen LogP contribution >= 0.6 is 0 Å². The predicted molar refractivity (Wildman–Crippen MR) is 70.6 cm³/mol. The summed E-state index contributed by atoms with van der Waals surface area (Å²) in [5.74, 6) is -0.108. The van der Waals surface area contributed by atoms with E-state index in [1.807, 2.05) is 39.0 Å². The molecule has 0 radical (unpaired) electrons. The monoisotopic (exact) mass is 251 g/mol. The van der Waals surface area contributed by atoms with Crippen LogP contribution in [0, 0.1) is 6.92 Å². The molecule has 100 valence electrons. The second-order valence-corrected chi connectivity index (χ2v) is 3.92. The van der Waals surface area contributed by atoms with E-state index in [4.69, 9.17) is 9.47 Å². The number of nitrogens with one attached hydrogen (secondary N) is 1. The molecule has 0 unspecified atom stereocenters. The van der Waals surface area contributed by atoms with Gasteiger partial charge >= 0.3 is 0 Å². The first-order valence-corrected chi connectivity index (χ1v) is 6.25. The lowest BCUT2D eigenvalue weighted by Gasteiger charge is -2.17. The molecule has 4 heteroatoms. The van der Waals surface area contributed by atoms with Gasteiger partial charge in [0.15, 0.2) is 6.29 Å². The van der Waals surface area contributed by atoms with Gasteiger partial charge in [-0.2, -0.15) is 0 Å². The molecule has 0 aliphatic rings. The van der Waals surface area contributed by atoms with Crippen LogP contribution in [0.2, 0.25) is 0 Å². The van der Waals surface area contributed by atoms with Gasteiger partial charge in [-0.05, 0) is 32.9 Å². The van der Waals surface area contributed by atoms with E-state index in [-0.39, 0.29) is 12.2 Å². The van der Waals surface area contributed by atoms with E-state index in [0.29, 0.717) is 25.3 Å². The maximum absolute atomic E-state index is 11.9. The largest absolute Gasteiger partial charge is 0.351 e. The van der Waals surface area contributed by atoms with Crippen LogP contribution in [0.25, 0.3) is 0 Å². The lowest BCUT2D eigenvalue weighted by molar-refractivity contribution is -0.131. The van der Waals surface area contributed by atoms with Crippen molar-refractivity contribution in [2.24, 2.45) is 0 Å². The molecule has 1 amide bonds. The highest BCUT2D eigenvalue weighted by Crippen LogP contribution is 2.04. The zero-order chi connectivity index (χ0) is 13.4. The first-order valence-electron chi connectivity index (χ1n) is 6.25. The average Bonchev–Trinajstić information content (AvgIpc) is 2.36. The number of hydrogen-bond donors (Lipinski definition) is 1. The molecule has 0 fully saturated rings. The maximum Gasteiger partial charge on any atom is 0.251 e. The number of aryl methyl sites for hydroxylation is 1. The summed E-state index contributed by atoms with van der Waals surface area (Å²) in [6, 6.07) is 7.47. The summed E-state index contributed by atoms with van der Waals surface area (Å²) in [5.41, 5.74) is 1.72. The Hall–Kier alpha value is -1.39. The van der Waals surface area contributed by atoms with Crippen molar-refractivity contribution in [1.82, 2.24) is 5.32 Å². The fourth-order valence-corrected chi connectivity index (χ4v) is 1.60. The van der Waals surface area contributed by atoms with Crippen molar-refractivity contribution in [1.29, 1.82) is 0 Å². The number of rotatable bonds is 7. The Morgan fingerprint density at radius 2 is 1.94 bits per heavy atom. The Bertz CT molecular complexity index is 373. The summed E-state index contributed by atoms with van der Waals surface area (Å²) < 4.78 is 10.7. The molecule has 0 spiro atoms. The second-order valence-electron chi connectivity index (χ2n) is 3.92. The SMILES string of the molecule is CCOC(CNC(=O)c1cccc(C)c1)OCC. The van der Waals surface area contributed by atoms with Crippen molar-refractivity contribution in [3.05, 3.63) is 35.4 Å². The fourth-order valence-electron chi connectivity index (χ4n) is 1.60. The van der Waals surface area contributed by atoms with Gasteiger partial charge in [-0.1, -0.05) is 17.7 Å². The van der Waals surface area contributed by atoms with E-state index < -0.39 is 0 Å². The molecule has 0 aromatic heterocycles. The van der Waals surface area contributed by atoms with E-state index in [1.165, 1.54) is 0 Å². The highest BCUT2D eigenvalue weighted by molar-refractivity contribution is 5.94. The van der Waals surface area contributed by atoms with Crippen molar-refractivity contribution in [2.45, 2.75) is 27.1 Å². The van der Waals surface area contributed by atoms with Gasteiger partial charge in [-0.3, -0.25) is 4.79 Å². The van der Waals surface area contributed by atoms with E-state index in [0.717, 1.165) is 5.56 Å². The zero-order valence-corrected chi connectivity index (χ0v) is 11.2. The van der Waals surface area contributed by atoms with E-state index in [9.17, 15) is 4.79 Å². The summed E-state index contributed by atoms with van der Waals surface area (Å²) in [6.45, 7) is 7.23. The molecular formula is C14H21NO3. The Morgan fingerprint density at radius 1 is 1.28 bits per heavy atom. The lowest BCUT2D eigenvalue weighted by Crippen LogP contribution is -2.35. The molecule has 0 aliphatic carbocycles. The van der Waals surface area contributed by atoms with E-state index >= 15 is 0 Å². The summed E-state index contributed by atoms with van der Waals surface area (Å²) in [4.78, 5) is 11.9. The summed E-state index contributed by atoms with van der Waals surface area (Å²) in [5, 5.41) is 2.81. The molecule has 0 aliphatic heterocycles. The third kappa shape index (κ3) is 4.85. The fraction of sp³-hybridized carbons (Fsp3) is 0.500. The van der Waals surface area contributed by atoms with Crippen LogP contribution in [0.4, 0.5) is 0 Å². The van der Waals surface area contributed by atoms with Gasteiger partial charge in [-0.15, -0.1) is 0 Å². The van der Waals surface area contributed by atoms with Crippen molar-refractivity contribution in [2.75, 3.05) is 19.8 Å². The van der Waals surface area contributed by atoms with Crippen LogP contribution in [-0.2, 0) is 9.47 Å². The molecule has 0 saturated heterocycles. The van der Waals surface area contributed by atoms with Crippen LogP contribution in [-0.4, -0.2) is 32.0 Å². The molecule has 0 saturated carbocycles. The van der Waals surface area contributed by atoms with Gasteiger partial charge in [0.1, 0.15) is 0 Å². The minimum absolute atomic E-state index is 0.108. The van der Waals surface area contributed by atoms with Gasteiger partial charge in [0, 0.05) is 18.8 Å². The highest BCUT2D eigenvalue weighted by Gasteiger charge is 2.11. The third-order valence-electron chi connectivity index (χ3n) is 2.41.